The number of benzene rings is 2. The van der Waals surface area contributed by atoms with Crippen LogP contribution in [0.1, 0.15) is 24.5 Å². The van der Waals surface area contributed by atoms with E-state index in [1.165, 1.54) is 0 Å². The maximum absolute atomic E-state index is 12.0. The first kappa shape index (κ1) is 15.2. The first-order chi connectivity index (χ1) is 10.1. The molecule has 21 heavy (non-hydrogen) atoms. The second-order valence-electron chi connectivity index (χ2n) is 5.39. The molecule has 0 aromatic heterocycles. The Balaban J connectivity index is 2.08. The molecular weight excluding hydrogens is 258 g/mol. The Labute approximate surface area is 126 Å². The molecule has 0 saturated carbocycles. The molecule has 108 valence electrons. The SMILES string of the molecule is CC(=O)[C@](N)(CC=Cc1ccccc1)Cc1ccccc1. The second-order valence-corrected chi connectivity index (χ2v) is 5.39. The van der Waals surface area contributed by atoms with E-state index in [1.807, 2.05) is 72.8 Å². The van der Waals surface area contributed by atoms with Gasteiger partial charge in [0.2, 0.25) is 0 Å². The number of hydrogen-bond acceptors (Lipinski definition) is 2. The Morgan fingerprint density at radius 3 is 2.19 bits per heavy atom. The Morgan fingerprint density at radius 2 is 1.62 bits per heavy atom. The summed E-state index contributed by atoms with van der Waals surface area (Å²) in [5.41, 5.74) is 7.70. The van der Waals surface area contributed by atoms with E-state index < -0.39 is 5.54 Å². The van der Waals surface area contributed by atoms with Gasteiger partial charge in [-0.25, -0.2) is 0 Å². The minimum Gasteiger partial charge on any atom is -0.318 e. The zero-order valence-electron chi connectivity index (χ0n) is 12.3. The molecule has 0 aliphatic carbocycles. The Morgan fingerprint density at radius 1 is 1.05 bits per heavy atom. The van der Waals surface area contributed by atoms with Gasteiger partial charge in [-0.2, -0.15) is 0 Å². The summed E-state index contributed by atoms with van der Waals surface area (Å²) in [4.78, 5) is 12.0. The van der Waals surface area contributed by atoms with Crippen molar-refractivity contribution < 1.29 is 4.79 Å². The number of carbonyl (C=O) groups is 1. The average Bonchev–Trinajstić information content (AvgIpc) is 2.49. The van der Waals surface area contributed by atoms with Gasteiger partial charge in [0, 0.05) is 0 Å². The smallest absolute Gasteiger partial charge is 0.150 e. The molecule has 0 spiro atoms. The summed E-state index contributed by atoms with van der Waals surface area (Å²) in [5, 5.41) is 0. The topological polar surface area (TPSA) is 43.1 Å². The van der Waals surface area contributed by atoms with E-state index in [0.717, 1.165) is 11.1 Å². The first-order valence-electron chi connectivity index (χ1n) is 7.16. The Kier molecular flexibility index (Phi) is 5.07. The van der Waals surface area contributed by atoms with Crippen LogP contribution in [-0.4, -0.2) is 11.3 Å². The van der Waals surface area contributed by atoms with Gasteiger partial charge in [0.15, 0.2) is 0 Å². The molecule has 2 rings (SSSR count). The standard InChI is InChI=1S/C19H21NO/c1-16(21)19(20,15-18-11-6-3-7-12-18)14-8-13-17-9-4-2-5-10-17/h2-13H,14-15,20H2,1H3/t19-/m0/s1. The molecule has 0 saturated heterocycles. The normalized spacial score (nSPS) is 14.0. The fraction of sp³-hybridized carbons (Fsp3) is 0.211. The number of rotatable bonds is 6. The predicted octanol–water partition coefficient (Wildman–Crippen LogP) is 3.62. The lowest BCUT2D eigenvalue weighted by molar-refractivity contribution is -0.121. The van der Waals surface area contributed by atoms with Crippen molar-refractivity contribution >= 4 is 11.9 Å². The molecule has 2 heteroatoms. The molecule has 0 aliphatic rings. The van der Waals surface area contributed by atoms with E-state index in [0.29, 0.717) is 12.8 Å². The largest absolute Gasteiger partial charge is 0.318 e. The highest BCUT2D eigenvalue weighted by Gasteiger charge is 2.29. The van der Waals surface area contributed by atoms with Crippen LogP contribution in [0, 0.1) is 0 Å². The molecule has 1 atom stereocenters. The molecular formula is C19H21NO. The number of Topliss-reactive ketones (excluding diaryl/α,β-unsaturated/α-hetero) is 1. The van der Waals surface area contributed by atoms with Crippen LogP contribution < -0.4 is 5.73 Å². The average molecular weight is 279 g/mol. The lowest BCUT2D eigenvalue weighted by Crippen LogP contribution is -2.48. The minimum absolute atomic E-state index is 0.0177. The van der Waals surface area contributed by atoms with Crippen LogP contribution >= 0.6 is 0 Å². The van der Waals surface area contributed by atoms with Crippen LogP contribution in [0.25, 0.3) is 6.08 Å². The molecule has 0 fully saturated rings. The van der Waals surface area contributed by atoms with Gasteiger partial charge in [-0.3, -0.25) is 4.79 Å². The van der Waals surface area contributed by atoms with Gasteiger partial charge >= 0.3 is 0 Å². The molecule has 0 heterocycles. The molecule has 2 aromatic rings. The molecule has 2 nitrogen and oxygen atoms in total. The third-order valence-corrected chi connectivity index (χ3v) is 3.66. The van der Waals surface area contributed by atoms with Gasteiger partial charge < -0.3 is 5.73 Å². The van der Waals surface area contributed by atoms with Crippen molar-refractivity contribution in [3.05, 3.63) is 77.9 Å². The van der Waals surface area contributed by atoms with E-state index in [9.17, 15) is 4.79 Å². The molecule has 0 aliphatic heterocycles. The maximum Gasteiger partial charge on any atom is 0.150 e. The minimum atomic E-state index is -0.841. The highest BCUT2D eigenvalue weighted by atomic mass is 16.1. The zero-order valence-corrected chi connectivity index (χ0v) is 12.3. The summed E-state index contributed by atoms with van der Waals surface area (Å²) in [6, 6.07) is 19.9. The molecule has 2 N–H and O–H groups in total. The van der Waals surface area contributed by atoms with E-state index in [1.54, 1.807) is 6.92 Å². The van der Waals surface area contributed by atoms with Gasteiger partial charge in [-0.15, -0.1) is 0 Å². The third kappa shape index (κ3) is 4.40. The van der Waals surface area contributed by atoms with Crippen LogP contribution in [-0.2, 0) is 11.2 Å². The molecule has 0 bridgehead atoms. The number of ketones is 1. The van der Waals surface area contributed by atoms with Crippen molar-refractivity contribution in [2.45, 2.75) is 25.3 Å². The zero-order chi connectivity index (χ0) is 15.1. The van der Waals surface area contributed by atoms with Crippen molar-refractivity contribution in [1.82, 2.24) is 0 Å². The fourth-order valence-corrected chi connectivity index (χ4v) is 2.27. The van der Waals surface area contributed by atoms with Gasteiger partial charge in [-0.1, -0.05) is 72.8 Å². The monoisotopic (exact) mass is 279 g/mol. The van der Waals surface area contributed by atoms with E-state index >= 15 is 0 Å². The van der Waals surface area contributed by atoms with Crippen molar-refractivity contribution in [2.24, 2.45) is 5.73 Å². The lowest BCUT2D eigenvalue weighted by atomic mass is 9.85. The predicted molar refractivity (Wildman–Crippen MR) is 87.8 cm³/mol. The number of nitrogens with two attached hydrogens (primary N) is 1. The van der Waals surface area contributed by atoms with Crippen molar-refractivity contribution in [3.8, 4) is 0 Å². The van der Waals surface area contributed by atoms with Crippen molar-refractivity contribution in [1.29, 1.82) is 0 Å². The summed E-state index contributed by atoms with van der Waals surface area (Å²) >= 11 is 0. The summed E-state index contributed by atoms with van der Waals surface area (Å²) < 4.78 is 0. The summed E-state index contributed by atoms with van der Waals surface area (Å²) in [7, 11) is 0. The summed E-state index contributed by atoms with van der Waals surface area (Å²) in [6.07, 6.45) is 5.09. The molecule has 2 aromatic carbocycles. The molecule has 0 unspecified atom stereocenters. The quantitative estimate of drug-likeness (QED) is 0.877. The first-order valence-corrected chi connectivity index (χ1v) is 7.16. The van der Waals surface area contributed by atoms with E-state index in [4.69, 9.17) is 5.73 Å². The molecule has 0 radical (unpaired) electrons. The van der Waals surface area contributed by atoms with Crippen LogP contribution in [0.3, 0.4) is 0 Å². The van der Waals surface area contributed by atoms with Crippen LogP contribution in [0.2, 0.25) is 0 Å². The Bertz CT molecular complexity index is 604. The van der Waals surface area contributed by atoms with Crippen molar-refractivity contribution in [3.63, 3.8) is 0 Å². The lowest BCUT2D eigenvalue weighted by Gasteiger charge is -2.25. The van der Waals surface area contributed by atoms with E-state index in [-0.39, 0.29) is 5.78 Å². The van der Waals surface area contributed by atoms with Crippen LogP contribution in [0.4, 0.5) is 0 Å². The summed E-state index contributed by atoms with van der Waals surface area (Å²) in [6.45, 7) is 1.57. The third-order valence-electron chi connectivity index (χ3n) is 3.66. The van der Waals surface area contributed by atoms with Crippen LogP contribution in [0.15, 0.2) is 66.7 Å². The van der Waals surface area contributed by atoms with Gasteiger partial charge in [0.05, 0.1) is 5.54 Å². The maximum atomic E-state index is 12.0. The van der Waals surface area contributed by atoms with Crippen molar-refractivity contribution in [2.75, 3.05) is 0 Å². The summed E-state index contributed by atoms with van der Waals surface area (Å²) in [5.74, 6) is 0.0177. The van der Waals surface area contributed by atoms with Gasteiger partial charge in [-0.05, 0) is 30.9 Å². The fourth-order valence-electron chi connectivity index (χ4n) is 2.27. The van der Waals surface area contributed by atoms with E-state index in [2.05, 4.69) is 0 Å². The number of hydrogen-bond donors (Lipinski definition) is 1. The molecule has 0 amide bonds. The van der Waals surface area contributed by atoms with Gasteiger partial charge in [0.1, 0.15) is 5.78 Å². The van der Waals surface area contributed by atoms with Gasteiger partial charge in [0.25, 0.3) is 0 Å². The van der Waals surface area contributed by atoms with Crippen LogP contribution in [0.5, 0.6) is 0 Å². The highest BCUT2D eigenvalue weighted by Crippen LogP contribution is 2.18. The second kappa shape index (κ2) is 7.00. The Hall–Kier alpha value is -2.19. The highest BCUT2D eigenvalue weighted by molar-refractivity contribution is 5.86. The number of carbonyl (C=O) groups excluding carboxylic acids is 1.